The van der Waals surface area contributed by atoms with E-state index in [1.807, 2.05) is 0 Å². The molecule has 0 saturated carbocycles. The Morgan fingerprint density at radius 2 is 2.12 bits per heavy atom. The summed E-state index contributed by atoms with van der Waals surface area (Å²) < 4.78 is 4.42. The van der Waals surface area contributed by atoms with Crippen molar-refractivity contribution in [2.75, 3.05) is 18.9 Å². The van der Waals surface area contributed by atoms with Crippen LogP contribution in [0.15, 0.2) is 18.2 Å². The van der Waals surface area contributed by atoms with Crippen molar-refractivity contribution in [2.45, 2.75) is 0 Å². The molecule has 0 aliphatic heterocycles. The van der Waals surface area contributed by atoms with Gasteiger partial charge in [0.25, 0.3) is 5.91 Å². The Labute approximate surface area is 97.4 Å². The first-order valence-corrected chi connectivity index (χ1v) is 4.80. The van der Waals surface area contributed by atoms with Crippen LogP contribution >= 0.6 is 0 Å². The number of nitrogens with one attached hydrogen (secondary N) is 1. The van der Waals surface area contributed by atoms with Gasteiger partial charge in [-0.2, -0.15) is 0 Å². The molecule has 0 fully saturated rings. The Morgan fingerprint density at radius 3 is 2.76 bits per heavy atom. The van der Waals surface area contributed by atoms with E-state index in [0.29, 0.717) is 0 Å². The van der Waals surface area contributed by atoms with Crippen LogP contribution in [-0.4, -0.2) is 30.3 Å². The fourth-order valence-electron chi connectivity index (χ4n) is 1.16. The van der Waals surface area contributed by atoms with Gasteiger partial charge >= 0.3 is 6.09 Å². The molecule has 92 valence electrons. The number of phenols is 1. The van der Waals surface area contributed by atoms with Crippen LogP contribution in [0.5, 0.6) is 5.75 Å². The number of rotatable bonds is 4. The van der Waals surface area contributed by atoms with Crippen molar-refractivity contribution in [1.82, 2.24) is 5.32 Å². The number of aromatic hydroxyl groups is 1. The fraction of sp³-hybridized carbons (Fsp3) is 0.200. The van der Waals surface area contributed by atoms with E-state index in [-0.39, 0.29) is 30.2 Å². The average Bonchev–Trinajstić information content (AvgIpc) is 2.27. The number of phenolic OH excluding ortho intramolecular Hbond substituents is 1. The van der Waals surface area contributed by atoms with E-state index >= 15 is 0 Å². The Balaban J connectivity index is 2.53. The molecule has 0 radical (unpaired) electrons. The van der Waals surface area contributed by atoms with Gasteiger partial charge < -0.3 is 26.6 Å². The van der Waals surface area contributed by atoms with Crippen molar-refractivity contribution >= 4 is 17.7 Å². The number of benzene rings is 1. The summed E-state index contributed by atoms with van der Waals surface area (Å²) >= 11 is 0. The molecule has 2 amide bonds. The van der Waals surface area contributed by atoms with Crippen LogP contribution in [0.4, 0.5) is 10.5 Å². The van der Waals surface area contributed by atoms with Crippen molar-refractivity contribution in [3.63, 3.8) is 0 Å². The highest BCUT2D eigenvalue weighted by molar-refractivity contribution is 5.98. The summed E-state index contributed by atoms with van der Waals surface area (Å²) in [5, 5.41) is 12.0. The number of carbonyl (C=O) groups excluding carboxylic acids is 2. The number of nitrogens with two attached hydrogens (primary N) is 2. The van der Waals surface area contributed by atoms with E-state index < -0.39 is 12.0 Å². The van der Waals surface area contributed by atoms with Crippen LogP contribution in [0.1, 0.15) is 10.4 Å². The minimum atomic E-state index is -0.911. The third-order valence-corrected chi connectivity index (χ3v) is 1.94. The SMILES string of the molecule is NC(=O)OCCNC(=O)c1cccc(N)c1O. The van der Waals surface area contributed by atoms with Crippen molar-refractivity contribution in [3.8, 4) is 5.75 Å². The molecule has 7 heteroatoms. The van der Waals surface area contributed by atoms with E-state index in [2.05, 4.69) is 10.1 Å². The number of nitrogen functional groups attached to an aromatic ring is 1. The molecule has 1 aromatic rings. The third kappa shape index (κ3) is 3.56. The maximum atomic E-state index is 11.6. The first kappa shape index (κ1) is 12.6. The Hall–Kier alpha value is -2.44. The fourth-order valence-corrected chi connectivity index (χ4v) is 1.16. The van der Waals surface area contributed by atoms with Gasteiger partial charge in [0.2, 0.25) is 0 Å². The molecule has 0 atom stereocenters. The van der Waals surface area contributed by atoms with Gasteiger partial charge in [0, 0.05) is 0 Å². The second-order valence-electron chi connectivity index (χ2n) is 3.17. The van der Waals surface area contributed by atoms with Gasteiger partial charge in [0.1, 0.15) is 6.61 Å². The summed E-state index contributed by atoms with van der Waals surface area (Å²) in [5.41, 5.74) is 10.3. The Morgan fingerprint density at radius 1 is 1.41 bits per heavy atom. The van der Waals surface area contributed by atoms with Gasteiger partial charge in [-0.25, -0.2) is 4.79 Å². The lowest BCUT2D eigenvalue weighted by Gasteiger charge is -2.07. The highest BCUT2D eigenvalue weighted by Gasteiger charge is 2.12. The number of para-hydroxylation sites is 1. The van der Waals surface area contributed by atoms with Crippen LogP contribution in [0.25, 0.3) is 0 Å². The smallest absolute Gasteiger partial charge is 0.404 e. The van der Waals surface area contributed by atoms with Gasteiger partial charge in [-0.3, -0.25) is 4.79 Å². The first-order valence-electron chi connectivity index (χ1n) is 4.80. The molecular weight excluding hydrogens is 226 g/mol. The molecule has 0 heterocycles. The molecule has 0 unspecified atom stereocenters. The van der Waals surface area contributed by atoms with E-state index in [4.69, 9.17) is 11.5 Å². The number of primary amides is 1. The van der Waals surface area contributed by atoms with Gasteiger partial charge in [0.15, 0.2) is 5.75 Å². The lowest BCUT2D eigenvalue weighted by atomic mass is 10.1. The minimum absolute atomic E-state index is 0.0375. The van der Waals surface area contributed by atoms with E-state index in [0.717, 1.165) is 0 Å². The van der Waals surface area contributed by atoms with Crippen LogP contribution in [0.3, 0.4) is 0 Å². The third-order valence-electron chi connectivity index (χ3n) is 1.94. The number of amides is 2. The number of hydrogen-bond donors (Lipinski definition) is 4. The van der Waals surface area contributed by atoms with Crippen LogP contribution < -0.4 is 16.8 Å². The Kier molecular flexibility index (Phi) is 4.15. The van der Waals surface area contributed by atoms with Crippen molar-refractivity contribution in [1.29, 1.82) is 0 Å². The summed E-state index contributed by atoms with van der Waals surface area (Å²) in [6.45, 7) is 0.0557. The van der Waals surface area contributed by atoms with Gasteiger partial charge in [0.05, 0.1) is 17.8 Å². The number of carbonyl (C=O) groups is 2. The lowest BCUT2D eigenvalue weighted by molar-refractivity contribution is 0.0934. The topological polar surface area (TPSA) is 128 Å². The Bertz CT molecular complexity index is 434. The molecule has 7 nitrogen and oxygen atoms in total. The number of hydrogen-bond acceptors (Lipinski definition) is 5. The molecule has 6 N–H and O–H groups in total. The highest BCUT2D eigenvalue weighted by Crippen LogP contribution is 2.23. The van der Waals surface area contributed by atoms with Gasteiger partial charge in [-0.05, 0) is 12.1 Å². The molecule has 0 aliphatic carbocycles. The monoisotopic (exact) mass is 239 g/mol. The summed E-state index contributed by atoms with van der Waals surface area (Å²) in [7, 11) is 0. The minimum Gasteiger partial charge on any atom is -0.505 e. The number of ether oxygens (including phenoxy) is 1. The average molecular weight is 239 g/mol. The summed E-state index contributed by atoms with van der Waals surface area (Å²) in [6, 6.07) is 4.45. The van der Waals surface area contributed by atoms with Crippen LogP contribution in [-0.2, 0) is 4.74 Å². The molecule has 1 aromatic carbocycles. The summed E-state index contributed by atoms with van der Waals surface area (Å²) in [6.07, 6.45) is -0.911. The van der Waals surface area contributed by atoms with Crippen molar-refractivity contribution in [2.24, 2.45) is 5.73 Å². The molecule has 1 rings (SSSR count). The standard InChI is InChI=1S/C10H13N3O4/c11-7-3-1-2-6(8(7)14)9(15)13-4-5-17-10(12)16/h1-3,14H,4-5,11H2,(H2,12,16)(H,13,15). The zero-order valence-electron chi connectivity index (χ0n) is 8.97. The largest absolute Gasteiger partial charge is 0.505 e. The zero-order valence-corrected chi connectivity index (χ0v) is 8.97. The molecule has 0 aliphatic rings. The molecule has 0 aromatic heterocycles. The second-order valence-corrected chi connectivity index (χ2v) is 3.17. The van der Waals surface area contributed by atoms with Gasteiger partial charge in [-0.15, -0.1) is 0 Å². The lowest BCUT2D eigenvalue weighted by Crippen LogP contribution is -2.29. The molecule has 0 spiro atoms. The zero-order chi connectivity index (χ0) is 12.8. The predicted octanol–water partition coefficient (Wildman–Crippen LogP) is -0.200. The van der Waals surface area contributed by atoms with E-state index in [9.17, 15) is 14.7 Å². The maximum absolute atomic E-state index is 11.6. The van der Waals surface area contributed by atoms with Crippen molar-refractivity contribution in [3.05, 3.63) is 23.8 Å². The second kappa shape index (κ2) is 5.59. The molecule has 0 saturated heterocycles. The van der Waals surface area contributed by atoms with Gasteiger partial charge in [-0.1, -0.05) is 6.07 Å². The van der Waals surface area contributed by atoms with E-state index in [1.165, 1.54) is 12.1 Å². The summed E-state index contributed by atoms with van der Waals surface area (Å²) in [4.78, 5) is 21.8. The maximum Gasteiger partial charge on any atom is 0.404 e. The van der Waals surface area contributed by atoms with Crippen LogP contribution in [0.2, 0.25) is 0 Å². The number of anilines is 1. The predicted molar refractivity (Wildman–Crippen MR) is 60.4 cm³/mol. The molecular formula is C10H13N3O4. The highest BCUT2D eigenvalue weighted by atomic mass is 16.5. The van der Waals surface area contributed by atoms with Crippen molar-refractivity contribution < 1.29 is 19.4 Å². The van der Waals surface area contributed by atoms with Crippen LogP contribution in [0, 0.1) is 0 Å². The molecule has 0 bridgehead atoms. The first-order chi connectivity index (χ1) is 8.02. The summed E-state index contributed by atoms with van der Waals surface area (Å²) in [5.74, 6) is -0.788. The molecule has 17 heavy (non-hydrogen) atoms. The normalized spacial score (nSPS) is 9.65. The van der Waals surface area contributed by atoms with E-state index in [1.54, 1.807) is 6.07 Å². The quantitative estimate of drug-likeness (QED) is 0.328.